The summed E-state index contributed by atoms with van der Waals surface area (Å²) in [6, 6.07) is 5.85. The molecule has 1 unspecified atom stereocenters. The van der Waals surface area contributed by atoms with E-state index in [-0.39, 0.29) is 5.91 Å². The largest absolute Gasteiger partial charge is 0.361 e. The fourth-order valence-electron chi connectivity index (χ4n) is 3.40. The number of carbonyl (C=O) groups is 1. The molecule has 1 aliphatic heterocycles. The molecule has 114 valence electrons. The minimum Gasteiger partial charge on any atom is -0.361 e. The lowest BCUT2D eigenvalue weighted by molar-refractivity contribution is -0.128. The third kappa shape index (κ3) is 2.47. The predicted octanol–water partition coefficient (Wildman–Crippen LogP) is 2.34. The molecule has 2 fully saturated rings. The summed E-state index contributed by atoms with van der Waals surface area (Å²) in [5.74, 6) is 2.27. The molecule has 0 aromatic carbocycles. The number of anilines is 1. The molecule has 3 heterocycles. The van der Waals surface area contributed by atoms with Crippen LogP contribution in [-0.4, -0.2) is 40.4 Å². The van der Waals surface area contributed by atoms with Gasteiger partial charge in [-0.3, -0.25) is 9.78 Å². The molecule has 2 aromatic rings. The quantitative estimate of drug-likeness (QED) is 0.941. The zero-order valence-electron chi connectivity index (χ0n) is 12.4. The molecule has 0 spiro atoms. The van der Waals surface area contributed by atoms with Gasteiger partial charge in [0, 0.05) is 38.1 Å². The molecule has 1 amide bonds. The van der Waals surface area contributed by atoms with Gasteiger partial charge in [0.15, 0.2) is 5.13 Å². The Hall–Kier alpha value is -1.95. The second-order valence-corrected chi connectivity index (χ2v) is 6.91. The predicted molar refractivity (Wildman–Crippen MR) is 86.6 cm³/mol. The Morgan fingerprint density at radius 1 is 1.36 bits per heavy atom. The van der Waals surface area contributed by atoms with E-state index < -0.39 is 0 Å². The maximum Gasteiger partial charge on any atom is 0.219 e. The number of thiazole rings is 1. The van der Waals surface area contributed by atoms with Gasteiger partial charge in [-0.2, -0.15) is 0 Å². The van der Waals surface area contributed by atoms with Crippen molar-refractivity contribution in [3.8, 4) is 11.4 Å². The van der Waals surface area contributed by atoms with Crippen molar-refractivity contribution in [3.05, 3.63) is 29.8 Å². The highest BCUT2D eigenvalue weighted by molar-refractivity contribution is 7.14. The van der Waals surface area contributed by atoms with E-state index in [4.69, 9.17) is 0 Å². The van der Waals surface area contributed by atoms with Gasteiger partial charge in [-0.1, -0.05) is 6.07 Å². The van der Waals surface area contributed by atoms with Gasteiger partial charge in [0.25, 0.3) is 0 Å². The summed E-state index contributed by atoms with van der Waals surface area (Å²) in [5, 5.41) is 6.44. The van der Waals surface area contributed by atoms with E-state index in [1.165, 1.54) is 0 Å². The van der Waals surface area contributed by atoms with Crippen LogP contribution in [0.2, 0.25) is 0 Å². The van der Waals surface area contributed by atoms with Crippen LogP contribution in [0.1, 0.15) is 6.92 Å². The molecule has 2 aromatic heterocycles. The average molecular weight is 314 g/mol. The number of amides is 1. The Bertz CT molecular complexity index is 674. The molecule has 6 heteroatoms. The monoisotopic (exact) mass is 314 g/mol. The molecule has 3 atom stereocenters. The first-order valence-corrected chi connectivity index (χ1v) is 8.46. The average Bonchev–Trinajstić information content (AvgIpc) is 2.94. The molecule has 1 saturated heterocycles. The van der Waals surface area contributed by atoms with E-state index in [0.29, 0.717) is 17.8 Å². The zero-order valence-corrected chi connectivity index (χ0v) is 13.2. The highest BCUT2D eigenvalue weighted by Gasteiger charge is 2.55. The van der Waals surface area contributed by atoms with E-state index in [1.807, 2.05) is 28.5 Å². The van der Waals surface area contributed by atoms with Gasteiger partial charge in [-0.25, -0.2) is 4.98 Å². The third-order valence-electron chi connectivity index (χ3n) is 4.74. The van der Waals surface area contributed by atoms with Crippen LogP contribution in [0.4, 0.5) is 5.13 Å². The Labute approximate surface area is 133 Å². The Balaban J connectivity index is 1.31. The van der Waals surface area contributed by atoms with Gasteiger partial charge in [-0.05, 0) is 29.9 Å². The molecule has 5 nitrogen and oxygen atoms in total. The molecule has 4 rings (SSSR count). The number of aromatic nitrogens is 2. The molecule has 0 radical (unpaired) electrons. The third-order valence-corrected chi connectivity index (χ3v) is 5.54. The summed E-state index contributed by atoms with van der Waals surface area (Å²) >= 11 is 1.62. The summed E-state index contributed by atoms with van der Waals surface area (Å²) in [6.07, 6.45) is 1.79. The van der Waals surface area contributed by atoms with Crippen LogP contribution in [0.3, 0.4) is 0 Å². The van der Waals surface area contributed by atoms with Crippen LogP contribution in [0.15, 0.2) is 29.8 Å². The summed E-state index contributed by atoms with van der Waals surface area (Å²) in [6.45, 7) is 4.48. The number of fused-ring (bicyclic) bond motifs is 1. The van der Waals surface area contributed by atoms with E-state index in [1.54, 1.807) is 24.5 Å². The summed E-state index contributed by atoms with van der Waals surface area (Å²) in [5.41, 5.74) is 1.83. The molecular formula is C16H18N4OS. The number of carbonyl (C=O) groups excluding carboxylic acids is 1. The van der Waals surface area contributed by atoms with Crippen LogP contribution >= 0.6 is 11.3 Å². The van der Waals surface area contributed by atoms with Crippen LogP contribution in [0.5, 0.6) is 0 Å². The number of rotatable bonds is 4. The highest BCUT2D eigenvalue weighted by atomic mass is 32.1. The summed E-state index contributed by atoms with van der Waals surface area (Å²) in [4.78, 5) is 22.2. The van der Waals surface area contributed by atoms with Gasteiger partial charge in [0.2, 0.25) is 5.91 Å². The summed E-state index contributed by atoms with van der Waals surface area (Å²) in [7, 11) is 0. The van der Waals surface area contributed by atoms with Gasteiger partial charge in [0.1, 0.15) is 5.69 Å². The number of pyridine rings is 1. The minimum atomic E-state index is 0.207. The Morgan fingerprint density at radius 3 is 2.86 bits per heavy atom. The smallest absolute Gasteiger partial charge is 0.219 e. The molecule has 22 heavy (non-hydrogen) atoms. The number of likely N-dealkylation sites (tertiary alicyclic amines) is 1. The fraction of sp³-hybridized carbons (Fsp3) is 0.438. The van der Waals surface area contributed by atoms with Crippen molar-refractivity contribution in [3.63, 3.8) is 0 Å². The fourth-order valence-corrected chi connectivity index (χ4v) is 4.12. The number of nitrogens with zero attached hydrogens (tertiary/aromatic N) is 3. The standard InChI is InChI=1S/C16H18N4OS/c1-10(21)20-7-12-11(13(12)8-20)6-18-16-19-15(9-22-16)14-4-2-3-5-17-14/h2-5,9,11-13H,6-8H2,1H3,(H,18,19)/t11?,12-,13+. The second-order valence-electron chi connectivity index (χ2n) is 6.05. The van der Waals surface area contributed by atoms with Crippen molar-refractivity contribution in [2.75, 3.05) is 25.0 Å². The SMILES string of the molecule is CC(=O)N1C[C@@H]2C(CNc3nc(-c4ccccn4)cs3)[C@@H]2C1. The van der Waals surface area contributed by atoms with E-state index in [9.17, 15) is 4.79 Å². The lowest BCUT2D eigenvalue weighted by atomic mass is 10.2. The van der Waals surface area contributed by atoms with Crippen molar-refractivity contribution in [2.45, 2.75) is 6.92 Å². The van der Waals surface area contributed by atoms with Crippen LogP contribution < -0.4 is 5.32 Å². The first kappa shape index (κ1) is 13.7. The minimum absolute atomic E-state index is 0.207. The van der Waals surface area contributed by atoms with Gasteiger partial charge >= 0.3 is 0 Å². The number of nitrogens with one attached hydrogen (secondary N) is 1. The van der Waals surface area contributed by atoms with Gasteiger partial charge in [-0.15, -0.1) is 11.3 Å². The van der Waals surface area contributed by atoms with Crippen molar-refractivity contribution in [1.29, 1.82) is 0 Å². The topological polar surface area (TPSA) is 58.1 Å². The van der Waals surface area contributed by atoms with Crippen molar-refractivity contribution < 1.29 is 4.79 Å². The number of hydrogen-bond acceptors (Lipinski definition) is 5. The van der Waals surface area contributed by atoms with Crippen molar-refractivity contribution >= 4 is 22.4 Å². The number of piperidine rings is 1. The van der Waals surface area contributed by atoms with Crippen molar-refractivity contribution in [1.82, 2.24) is 14.9 Å². The second kappa shape index (κ2) is 5.35. The normalized spacial score (nSPS) is 25.9. The van der Waals surface area contributed by atoms with Crippen LogP contribution in [0.25, 0.3) is 11.4 Å². The van der Waals surface area contributed by atoms with E-state index in [2.05, 4.69) is 15.3 Å². The molecule has 2 aliphatic rings. The zero-order chi connectivity index (χ0) is 15.1. The highest BCUT2D eigenvalue weighted by Crippen LogP contribution is 2.51. The molecule has 1 saturated carbocycles. The molecule has 1 N–H and O–H groups in total. The summed E-state index contributed by atoms with van der Waals surface area (Å²) < 4.78 is 0. The lowest BCUT2D eigenvalue weighted by Crippen LogP contribution is -2.30. The first-order valence-electron chi connectivity index (χ1n) is 7.58. The molecular weight excluding hydrogens is 296 g/mol. The van der Waals surface area contributed by atoms with Crippen molar-refractivity contribution in [2.24, 2.45) is 17.8 Å². The number of hydrogen-bond donors (Lipinski definition) is 1. The van der Waals surface area contributed by atoms with E-state index >= 15 is 0 Å². The Kier molecular flexibility index (Phi) is 3.33. The van der Waals surface area contributed by atoms with Crippen LogP contribution in [-0.2, 0) is 4.79 Å². The maximum atomic E-state index is 11.3. The van der Waals surface area contributed by atoms with Gasteiger partial charge in [0.05, 0.1) is 5.69 Å². The van der Waals surface area contributed by atoms with Crippen LogP contribution in [0, 0.1) is 17.8 Å². The van der Waals surface area contributed by atoms with Gasteiger partial charge < -0.3 is 10.2 Å². The first-order chi connectivity index (χ1) is 10.7. The van der Waals surface area contributed by atoms with E-state index in [0.717, 1.165) is 36.2 Å². The lowest BCUT2D eigenvalue weighted by Gasteiger charge is -2.17. The maximum absolute atomic E-state index is 11.3. The molecule has 1 aliphatic carbocycles. The molecule has 0 bridgehead atoms. The Morgan fingerprint density at radius 2 is 2.18 bits per heavy atom.